The van der Waals surface area contributed by atoms with Crippen LogP contribution in [0.4, 0.5) is 4.39 Å². The molecule has 1 heterocycles. The van der Waals surface area contributed by atoms with Gasteiger partial charge >= 0.3 is 0 Å². The first-order valence-corrected chi connectivity index (χ1v) is 10.6. The summed E-state index contributed by atoms with van der Waals surface area (Å²) in [6.45, 7) is 0.897. The van der Waals surface area contributed by atoms with Gasteiger partial charge in [-0.15, -0.1) is 11.3 Å². The molecule has 2 N–H and O–H groups in total. The highest BCUT2D eigenvalue weighted by molar-refractivity contribution is 7.18. The number of benzene rings is 2. The van der Waals surface area contributed by atoms with Gasteiger partial charge in [0, 0.05) is 19.0 Å². The summed E-state index contributed by atoms with van der Waals surface area (Å²) in [7, 11) is 0. The molecule has 28 heavy (non-hydrogen) atoms. The van der Waals surface area contributed by atoms with Gasteiger partial charge in [-0.05, 0) is 48.6 Å². The number of nitrogens with zero attached hydrogens (tertiary/aromatic N) is 1. The monoisotopic (exact) mass is 397 g/mol. The van der Waals surface area contributed by atoms with Crippen molar-refractivity contribution in [3.8, 4) is 0 Å². The van der Waals surface area contributed by atoms with Crippen molar-refractivity contribution in [2.75, 3.05) is 13.1 Å². The van der Waals surface area contributed by atoms with E-state index in [1.807, 2.05) is 30.3 Å². The van der Waals surface area contributed by atoms with E-state index in [4.69, 9.17) is 0 Å². The molecule has 0 saturated heterocycles. The summed E-state index contributed by atoms with van der Waals surface area (Å²) in [5.41, 5.74) is 2.16. The van der Waals surface area contributed by atoms with E-state index < -0.39 is 0 Å². The van der Waals surface area contributed by atoms with E-state index >= 15 is 0 Å². The summed E-state index contributed by atoms with van der Waals surface area (Å²) >= 11 is 1.68. The predicted molar refractivity (Wildman–Crippen MR) is 111 cm³/mol. The normalized spacial score (nSPS) is 19.2. The lowest BCUT2D eigenvalue weighted by atomic mass is 9.94. The average Bonchev–Trinajstić information content (AvgIpc) is 3.33. The van der Waals surface area contributed by atoms with Crippen molar-refractivity contribution >= 4 is 27.5 Å². The van der Waals surface area contributed by atoms with E-state index in [2.05, 4.69) is 21.7 Å². The molecule has 4 nitrogen and oxygen atoms in total. The van der Waals surface area contributed by atoms with Gasteiger partial charge in [0.15, 0.2) is 0 Å². The van der Waals surface area contributed by atoms with Crippen LogP contribution < -0.4 is 10.6 Å². The van der Waals surface area contributed by atoms with Crippen LogP contribution in [0, 0.1) is 5.82 Å². The highest BCUT2D eigenvalue weighted by atomic mass is 32.1. The fraction of sp³-hybridized carbons (Fsp3) is 0.364. The smallest absolute Gasteiger partial charge is 0.233 e. The molecular weight excluding hydrogens is 373 g/mol. The van der Waals surface area contributed by atoms with Crippen LogP contribution in [0.5, 0.6) is 0 Å². The van der Waals surface area contributed by atoms with Gasteiger partial charge in [0.25, 0.3) is 0 Å². The molecule has 1 amide bonds. The van der Waals surface area contributed by atoms with Gasteiger partial charge in [0.2, 0.25) is 5.91 Å². The summed E-state index contributed by atoms with van der Waals surface area (Å²) in [4.78, 5) is 16.8. The van der Waals surface area contributed by atoms with Crippen molar-refractivity contribution in [3.63, 3.8) is 0 Å². The summed E-state index contributed by atoms with van der Waals surface area (Å²) in [6, 6.07) is 15.1. The third-order valence-electron chi connectivity index (χ3n) is 5.34. The molecule has 0 bridgehead atoms. The lowest BCUT2D eigenvalue weighted by molar-refractivity contribution is -0.120. The zero-order valence-corrected chi connectivity index (χ0v) is 16.5. The van der Waals surface area contributed by atoms with Crippen LogP contribution in [0.2, 0.25) is 0 Å². The zero-order chi connectivity index (χ0) is 19.3. The maximum Gasteiger partial charge on any atom is 0.233 e. The van der Waals surface area contributed by atoms with E-state index in [1.165, 1.54) is 16.8 Å². The molecule has 0 spiro atoms. The molecule has 4 rings (SSSR count). The molecule has 2 aromatic carbocycles. The molecule has 1 aliphatic carbocycles. The van der Waals surface area contributed by atoms with Gasteiger partial charge in [0.05, 0.1) is 21.8 Å². The van der Waals surface area contributed by atoms with Crippen LogP contribution in [-0.4, -0.2) is 30.0 Å². The fourth-order valence-corrected chi connectivity index (χ4v) is 4.90. The largest absolute Gasteiger partial charge is 0.355 e. The Labute approximate surface area is 168 Å². The number of hydrogen-bond acceptors (Lipinski definition) is 4. The van der Waals surface area contributed by atoms with Crippen LogP contribution in [0.25, 0.3) is 10.2 Å². The minimum atomic E-state index is -0.209. The number of halogens is 1. The van der Waals surface area contributed by atoms with Crippen LogP contribution in [-0.2, 0) is 11.2 Å². The first-order chi connectivity index (χ1) is 13.7. The van der Waals surface area contributed by atoms with E-state index in [0.717, 1.165) is 41.8 Å². The third-order valence-corrected chi connectivity index (χ3v) is 6.43. The van der Waals surface area contributed by atoms with Crippen molar-refractivity contribution < 1.29 is 9.18 Å². The SMILES string of the molecule is O=C(CNC1CCCC1c1ccc(F)cc1)NCCc1nc2ccccc2s1. The zero-order valence-electron chi connectivity index (χ0n) is 15.7. The topological polar surface area (TPSA) is 54.0 Å². The first-order valence-electron chi connectivity index (χ1n) is 9.79. The molecule has 1 aliphatic rings. The number of amides is 1. The number of aromatic nitrogens is 1. The molecular formula is C22H24FN3OS. The van der Waals surface area contributed by atoms with Crippen molar-refractivity contribution in [1.82, 2.24) is 15.6 Å². The highest BCUT2D eigenvalue weighted by Gasteiger charge is 2.28. The van der Waals surface area contributed by atoms with Gasteiger partial charge in [0.1, 0.15) is 5.82 Å². The minimum absolute atomic E-state index is 0.00543. The fourth-order valence-electron chi connectivity index (χ4n) is 3.94. The van der Waals surface area contributed by atoms with Gasteiger partial charge in [-0.2, -0.15) is 0 Å². The Balaban J connectivity index is 1.23. The Kier molecular flexibility index (Phi) is 5.98. The maximum absolute atomic E-state index is 13.2. The second-order valence-electron chi connectivity index (χ2n) is 7.25. The molecule has 0 radical (unpaired) electrons. The lowest BCUT2D eigenvalue weighted by Gasteiger charge is -2.21. The Morgan fingerprint density at radius 1 is 1.14 bits per heavy atom. The molecule has 146 valence electrons. The van der Waals surface area contributed by atoms with Gasteiger partial charge in [-0.3, -0.25) is 4.79 Å². The Hall–Kier alpha value is -2.31. The Morgan fingerprint density at radius 3 is 2.79 bits per heavy atom. The predicted octanol–water partition coefficient (Wildman–Crippen LogP) is 4.02. The number of carbonyl (C=O) groups is 1. The number of nitrogens with one attached hydrogen (secondary N) is 2. The van der Waals surface area contributed by atoms with Crippen LogP contribution in [0.15, 0.2) is 48.5 Å². The molecule has 3 aromatic rings. The molecule has 0 aliphatic heterocycles. The number of thiazole rings is 1. The molecule has 1 aromatic heterocycles. The molecule has 2 atom stereocenters. The Morgan fingerprint density at radius 2 is 1.96 bits per heavy atom. The van der Waals surface area contributed by atoms with Gasteiger partial charge < -0.3 is 10.6 Å². The van der Waals surface area contributed by atoms with Gasteiger partial charge in [-0.1, -0.05) is 30.7 Å². The Bertz CT molecular complexity index is 907. The van der Waals surface area contributed by atoms with Crippen molar-refractivity contribution in [3.05, 3.63) is 64.9 Å². The number of hydrogen-bond donors (Lipinski definition) is 2. The minimum Gasteiger partial charge on any atom is -0.355 e. The first kappa shape index (κ1) is 19.0. The number of rotatable bonds is 7. The van der Waals surface area contributed by atoms with E-state index in [0.29, 0.717) is 19.0 Å². The lowest BCUT2D eigenvalue weighted by Crippen LogP contribution is -2.40. The summed E-state index contributed by atoms with van der Waals surface area (Å²) in [5, 5.41) is 7.42. The molecule has 6 heteroatoms. The molecule has 2 unspecified atom stereocenters. The van der Waals surface area contributed by atoms with Crippen molar-refractivity contribution in [2.24, 2.45) is 0 Å². The van der Waals surface area contributed by atoms with Crippen LogP contribution in [0.3, 0.4) is 0 Å². The van der Waals surface area contributed by atoms with E-state index in [1.54, 1.807) is 11.3 Å². The molecule has 1 fully saturated rings. The van der Waals surface area contributed by atoms with Crippen LogP contribution in [0.1, 0.15) is 35.8 Å². The molecule has 1 saturated carbocycles. The summed E-state index contributed by atoms with van der Waals surface area (Å²) in [6.07, 6.45) is 3.98. The quantitative estimate of drug-likeness (QED) is 0.633. The summed E-state index contributed by atoms with van der Waals surface area (Å²) in [5.74, 6) is 0.140. The van der Waals surface area contributed by atoms with Crippen LogP contribution >= 0.6 is 11.3 Å². The number of para-hydroxylation sites is 1. The number of carbonyl (C=O) groups excluding carboxylic acids is 1. The van der Waals surface area contributed by atoms with Gasteiger partial charge in [-0.25, -0.2) is 9.37 Å². The maximum atomic E-state index is 13.2. The average molecular weight is 398 g/mol. The van der Waals surface area contributed by atoms with E-state index in [9.17, 15) is 9.18 Å². The van der Waals surface area contributed by atoms with Crippen molar-refractivity contribution in [1.29, 1.82) is 0 Å². The van der Waals surface area contributed by atoms with Crippen molar-refractivity contribution in [2.45, 2.75) is 37.6 Å². The standard InChI is InChI=1S/C22H24FN3OS/c23-16-10-8-15(9-11-16)17-4-3-6-18(17)25-14-21(27)24-13-12-22-26-19-5-1-2-7-20(19)28-22/h1-2,5,7-11,17-18,25H,3-4,6,12-14H2,(H,24,27). The third kappa shape index (κ3) is 4.56. The summed E-state index contributed by atoms with van der Waals surface area (Å²) < 4.78 is 14.3. The number of fused-ring (bicyclic) bond motifs is 1. The second-order valence-corrected chi connectivity index (χ2v) is 8.37. The highest BCUT2D eigenvalue weighted by Crippen LogP contribution is 2.34. The van der Waals surface area contributed by atoms with E-state index in [-0.39, 0.29) is 17.8 Å². The second kappa shape index (κ2) is 8.80.